The second kappa shape index (κ2) is 4.55. The highest BCUT2D eigenvalue weighted by molar-refractivity contribution is 14.1. The smallest absolute Gasteiger partial charge is 0.0977 e. The Bertz CT molecular complexity index is 130. The zero-order chi connectivity index (χ0) is 8.32. The molecule has 1 aliphatic carbocycles. The molecule has 0 aromatic carbocycles. The molecule has 0 radical (unpaired) electrons. The topological polar surface area (TPSA) is 18.5 Å². The van der Waals surface area contributed by atoms with Crippen LogP contribution in [0, 0.1) is 0 Å². The Morgan fingerprint density at radius 1 is 1.45 bits per heavy atom. The van der Waals surface area contributed by atoms with Gasteiger partial charge in [0.05, 0.1) is 12.7 Å². The maximum absolute atomic E-state index is 4.92. The predicted molar refractivity (Wildman–Crippen MR) is 59.4 cm³/mol. The van der Waals surface area contributed by atoms with Gasteiger partial charge < -0.3 is 8.37 Å². The van der Waals surface area contributed by atoms with Crippen LogP contribution in [-0.2, 0) is 8.37 Å². The minimum Gasteiger partial charge on any atom is -0.316 e. The lowest BCUT2D eigenvalue weighted by atomic mass is 10.2. The predicted octanol–water partition coefficient (Wildman–Crippen LogP) is 2.44. The molecule has 0 N–H and O–H groups in total. The van der Waals surface area contributed by atoms with Gasteiger partial charge in [0.2, 0.25) is 0 Å². The van der Waals surface area contributed by atoms with Crippen LogP contribution < -0.4 is 0 Å². The summed E-state index contributed by atoms with van der Waals surface area (Å²) in [6, 6.07) is 0. The van der Waals surface area contributed by atoms with Gasteiger partial charge in [-0.05, 0) is 45.1 Å². The first-order valence-corrected chi connectivity index (χ1v) is 5.26. The first-order chi connectivity index (χ1) is 5.20. The number of alkyl halides is 1. The fourth-order valence-corrected chi connectivity index (χ4v) is 2.02. The number of hydrogen-bond acceptors (Lipinski definition) is 4. The highest BCUT2D eigenvalue weighted by atomic mass is 127. The van der Waals surface area contributed by atoms with E-state index in [0.29, 0.717) is 10.0 Å². The van der Waals surface area contributed by atoms with Crippen LogP contribution in [0.15, 0.2) is 0 Å². The molecule has 0 spiro atoms. The summed E-state index contributed by atoms with van der Waals surface area (Å²) in [5.41, 5.74) is 0. The standard InChI is InChI=1S/C6H11IO2S2/c7-6(1-2-6)3-5(9-11)4-8-10/h5,10-11H,1-4H2/t5-/m0/s1. The van der Waals surface area contributed by atoms with E-state index in [1.165, 1.54) is 12.8 Å². The van der Waals surface area contributed by atoms with Crippen LogP contribution >= 0.6 is 48.4 Å². The first-order valence-electron chi connectivity index (χ1n) is 3.46. The van der Waals surface area contributed by atoms with Crippen molar-refractivity contribution in [2.75, 3.05) is 6.61 Å². The molecular formula is C6H11IO2S2. The highest BCUT2D eigenvalue weighted by Gasteiger charge is 2.41. The van der Waals surface area contributed by atoms with E-state index in [9.17, 15) is 0 Å². The lowest BCUT2D eigenvalue weighted by Gasteiger charge is -2.15. The van der Waals surface area contributed by atoms with E-state index in [1.54, 1.807) is 0 Å². The second-order valence-corrected chi connectivity index (χ2v) is 5.64. The van der Waals surface area contributed by atoms with Crippen molar-refractivity contribution in [3.8, 4) is 0 Å². The molecule has 1 aliphatic rings. The summed E-state index contributed by atoms with van der Waals surface area (Å²) in [6.07, 6.45) is 3.66. The highest BCUT2D eigenvalue weighted by Crippen LogP contribution is 2.49. The fourth-order valence-electron chi connectivity index (χ4n) is 0.958. The molecule has 0 saturated heterocycles. The van der Waals surface area contributed by atoms with Gasteiger partial charge in [-0.1, -0.05) is 22.6 Å². The van der Waals surface area contributed by atoms with E-state index in [-0.39, 0.29) is 6.10 Å². The van der Waals surface area contributed by atoms with Gasteiger partial charge in [0.15, 0.2) is 0 Å². The first kappa shape index (κ1) is 10.4. The van der Waals surface area contributed by atoms with Crippen LogP contribution in [0.2, 0.25) is 0 Å². The summed E-state index contributed by atoms with van der Waals surface area (Å²) < 4.78 is 10.1. The molecule has 11 heavy (non-hydrogen) atoms. The number of rotatable bonds is 5. The van der Waals surface area contributed by atoms with E-state index in [0.717, 1.165) is 6.42 Å². The molecule has 1 saturated carbocycles. The summed E-state index contributed by atoms with van der Waals surface area (Å²) in [7, 11) is 0. The maximum Gasteiger partial charge on any atom is 0.0977 e. The molecule has 1 atom stereocenters. The summed E-state index contributed by atoms with van der Waals surface area (Å²) in [6.45, 7) is 0.511. The number of thiol groups is 2. The van der Waals surface area contributed by atoms with Crippen molar-refractivity contribution >= 4 is 48.4 Å². The Morgan fingerprint density at radius 2 is 2.09 bits per heavy atom. The number of hydrogen-bond donors (Lipinski definition) is 2. The lowest BCUT2D eigenvalue weighted by Crippen LogP contribution is -2.19. The Kier molecular flexibility index (Phi) is 4.31. The van der Waals surface area contributed by atoms with Crippen LogP contribution in [0.3, 0.4) is 0 Å². The van der Waals surface area contributed by atoms with Gasteiger partial charge in [0, 0.05) is 3.42 Å². The molecule has 2 nitrogen and oxygen atoms in total. The van der Waals surface area contributed by atoms with Crippen molar-refractivity contribution in [3.63, 3.8) is 0 Å². The van der Waals surface area contributed by atoms with E-state index >= 15 is 0 Å². The molecular weight excluding hydrogens is 295 g/mol. The summed E-state index contributed by atoms with van der Waals surface area (Å²) >= 11 is 9.91. The average molecular weight is 306 g/mol. The van der Waals surface area contributed by atoms with Gasteiger partial charge in [0.1, 0.15) is 0 Å². The normalized spacial score (nSPS) is 23.2. The van der Waals surface area contributed by atoms with Gasteiger partial charge in [-0.15, -0.1) is 0 Å². The quantitative estimate of drug-likeness (QED) is 0.352. The van der Waals surface area contributed by atoms with Crippen LogP contribution in [0.4, 0.5) is 0 Å². The Labute approximate surface area is 91.8 Å². The van der Waals surface area contributed by atoms with Crippen LogP contribution in [0.25, 0.3) is 0 Å². The third kappa shape index (κ3) is 3.71. The summed E-state index contributed by atoms with van der Waals surface area (Å²) in [4.78, 5) is 0. The van der Waals surface area contributed by atoms with Crippen molar-refractivity contribution in [1.82, 2.24) is 0 Å². The van der Waals surface area contributed by atoms with Gasteiger partial charge >= 0.3 is 0 Å². The Balaban J connectivity index is 2.20. The van der Waals surface area contributed by atoms with Crippen molar-refractivity contribution in [1.29, 1.82) is 0 Å². The molecule has 1 rings (SSSR count). The van der Waals surface area contributed by atoms with Crippen molar-refractivity contribution in [3.05, 3.63) is 0 Å². The van der Waals surface area contributed by atoms with Gasteiger partial charge in [-0.2, -0.15) is 0 Å². The van der Waals surface area contributed by atoms with E-state index in [4.69, 9.17) is 4.18 Å². The van der Waals surface area contributed by atoms with Crippen molar-refractivity contribution in [2.45, 2.75) is 28.8 Å². The summed E-state index contributed by atoms with van der Waals surface area (Å²) in [5, 5.41) is 0. The van der Waals surface area contributed by atoms with Crippen LogP contribution in [0.1, 0.15) is 19.3 Å². The molecule has 0 bridgehead atoms. The molecule has 0 amide bonds. The molecule has 0 aliphatic heterocycles. The Hall–Kier alpha value is 1.35. The molecule has 0 heterocycles. The molecule has 0 aromatic heterocycles. The molecule has 0 aromatic rings. The molecule has 5 heteroatoms. The minimum atomic E-state index is 0.0789. The van der Waals surface area contributed by atoms with Gasteiger partial charge in [-0.3, -0.25) is 0 Å². The lowest BCUT2D eigenvalue weighted by molar-refractivity contribution is 0.161. The average Bonchev–Trinajstić information content (AvgIpc) is 2.68. The van der Waals surface area contributed by atoms with Gasteiger partial charge in [-0.25, -0.2) is 0 Å². The Morgan fingerprint density at radius 3 is 2.45 bits per heavy atom. The zero-order valence-electron chi connectivity index (χ0n) is 5.99. The molecule has 66 valence electrons. The molecule has 0 unspecified atom stereocenters. The molecule has 1 fully saturated rings. The van der Waals surface area contributed by atoms with Crippen LogP contribution in [0.5, 0.6) is 0 Å². The largest absolute Gasteiger partial charge is 0.316 e. The summed E-state index contributed by atoms with van der Waals surface area (Å²) in [5.74, 6) is 0. The zero-order valence-corrected chi connectivity index (χ0v) is 9.94. The van der Waals surface area contributed by atoms with Crippen LogP contribution in [-0.4, -0.2) is 16.1 Å². The van der Waals surface area contributed by atoms with E-state index in [1.807, 2.05) is 0 Å². The third-order valence-corrected chi connectivity index (χ3v) is 3.76. The second-order valence-electron chi connectivity index (χ2n) is 2.88. The third-order valence-electron chi connectivity index (χ3n) is 1.80. The minimum absolute atomic E-state index is 0.0789. The van der Waals surface area contributed by atoms with E-state index < -0.39 is 0 Å². The fraction of sp³-hybridized carbons (Fsp3) is 1.00. The SMILES string of the molecule is SOC[C@H](CC1(I)CC1)OS. The number of halogens is 1. The van der Waals surface area contributed by atoms with E-state index in [2.05, 4.69) is 52.6 Å². The maximum atomic E-state index is 4.92. The monoisotopic (exact) mass is 306 g/mol. The van der Waals surface area contributed by atoms with Gasteiger partial charge in [0.25, 0.3) is 0 Å². The van der Waals surface area contributed by atoms with Crippen molar-refractivity contribution < 1.29 is 8.37 Å². The van der Waals surface area contributed by atoms with Crippen molar-refractivity contribution in [2.24, 2.45) is 0 Å².